The number of methoxy groups -OCH3 is 1. The second-order valence-electron chi connectivity index (χ2n) is 14.6. The molecule has 0 saturated heterocycles. The molecule has 51 heavy (non-hydrogen) atoms. The van der Waals surface area contributed by atoms with Crippen molar-refractivity contribution in [2.75, 3.05) is 66.4 Å². The molecule has 0 aromatic carbocycles. The van der Waals surface area contributed by atoms with Crippen molar-refractivity contribution in [1.82, 2.24) is 4.90 Å². The highest BCUT2D eigenvalue weighted by Gasteiger charge is 2.15. The lowest BCUT2D eigenvalue weighted by atomic mass is 10.1. The number of unbranched alkanes of at least 4 members (excludes halogenated alkanes) is 20. The molecule has 0 N–H and O–H groups in total. The molecule has 0 aliphatic carbocycles. The minimum atomic E-state index is -0.318. The quantitative estimate of drug-likeness (QED) is 0.0454. The summed E-state index contributed by atoms with van der Waals surface area (Å²) in [5.74, 6) is -0.156. The number of hydrogen-bond donors (Lipinski definition) is 0. The van der Waals surface area contributed by atoms with Crippen LogP contribution >= 0.6 is 0 Å². The fourth-order valence-electron chi connectivity index (χ4n) is 6.20. The highest BCUT2D eigenvalue weighted by molar-refractivity contribution is 5.69. The lowest BCUT2D eigenvalue weighted by Crippen LogP contribution is -2.29. The fourth-order valence-corrected chi connectivity index (χ4v) is 6.20. The Balaban J connectivity index is 4.02. The zero-order valence-electron chi connectivity index (χ0n) is 34.3. The van der Waals surface area contributed by atoms with E-state index in [-0.39, 0.29) is 18.0 Å². The maximum Gasteiger partial charge on any atom is 0.306 e. The topological polar surface area (TPSA) is 83.5 Å². The van der Waals surface area contributed by atoms with Gasteiger partial charge in [-0.1, -0.05) is 136 Å². The van der Waals surface area contributed by atoms with Gasteiger partial charge in [-0.3, -0.25) is 9.59 Å². The molecule has 8 nitrogen and oxygen atoms in total. The van der Waals surface area contributed by atoms with Crippen molar-refractivity contribution in [1.29, 1.82) is 0 Å². The van der Waals surface area contributed by atoms with Gasteiger partial charge in [0, 0.05) is 39.7 Å². The van der Waals surface area contributed by atoms with Crippen LogP contribution in [0.1, 0.15) is 194 Å². The Hall–Kier alpha value is -1.22. The smallest absolute Gasteiger partial charge is 0.306 e. The molecule has 0 bridgehead atoms. The van der Waals surface area contributed by atoms with Crippen molar-refractivity contribution < 1.29 is 33.3 Å². The normalized spacial score (nSPS) is 11.6. The second-order valence-corrected chi connectivity index (χ2v) is 14.6. The molecule has 0 aromatic heterocycles. The number of carbonyl (C=O) groups is 2. The van der Waals surface area contributed by atoms with Crippen molar-refractivity contribution in [2.45, 2.75) is 200 Å². The van der Waals surface area contributed by atoms with E-state index in [1.165, 1.54) is 109 Å². The molecule has 0 amide bonds. The van der Waals surface area contributed by atoms with E-state index in [0.29, 0.717) is 45.9 Å². The third-order valence-electron chi connectivity index (χ3n) is 9.52. The van der Waals surface area contributed by atoms with Gasteiger partial charge in [0.25, 0.3) is 0 Å². The third kappa shape index (κ3) is 38.3. The van der Waals surface area contributed by atoms with Gasteiger partial charge in [-0.05, 0) is 58.0 Å². The molecule has 0 spiro atoms. The molecule has 0 aromatic rings. The zero-order chi connectivity index (χ0) is 37.3. The van der Waals surface area contributed by atoms with E-state index in [0.717, 1.165) is 77.6 Å². The van der Waals surface area contributed by atoms with Crippen molar-refractivity contribution in [2.24, 2.45) is 0 Å². The molecule has 0 aliphatic rings. The Bertz CT molecular complexity index is 706. The maximum atomic E-state index is 12.6. The van der Waals surface area contributed by atoms with Gasteiger partial charge < -0.3 is 28.6 Å². The van der Waals surface area contributed by atoms with Crippen LogP contribution in [0.2, 0.25) is 0 Å². The molecule has 304 valence electrons. The number of carbonyl (C=O) groups excluding carboxylic acids is 2. The van der Waals surface area contributed by atoms with Gasteiger partial charge in [0.2, 0.25) is 0 Å². The standard InChI is InChI=1S/C43H85NO7/c1-5-8-11-14-15-22-29-37-50-42(45)30-23-18-16-20-25-32-44(34-38-47-4)33-26-21-17-19-24-31-43(46)51-41(39-48-35-27-12-9-6-2)40-49-36-28-13-10-7-3/h41H,5-40H2,1-4H3. The van der Waals surface area contributed by atoms with Crippen LogP contribution in [0.15, 0.2) is 0 Å². The Morgan fingerprint density at radius 2 is 0.863 bits per heavy atom. The highest BCUT2D eigenvalue weighted by atomic mass is 16.6. The van der Waals surface area contributed by atoms with E-state index in [9.17, 15) is 9.59 Å². The van der Waals surface area contributed by atoms with Crippen LogP contribution in [0.25, 0.3) is 0 Å². The van der Waals surface area contributed by atoms with E-state index in [2.05, 4.69) is 25.7 Å². The average Bonchev–Trinajstić information content (AvgIpc) is 3.13. The largest absolute Gasteiger partial charge is 0.466 e. The first-order valence-electron chi connectivity index (χ1n) is 21.8. The molecular weight excluding hydrogens is 642 g/mol. The Labute approximate surface area is 316 Å². The predicted octanol–water partition coefficient (Wildman–Crippen LogP) is 11.0. The van der Waals surface area contributed by atoms with Gasteiger partial charge in [-0.2, -0.15) is 0 Å². The molecule has 0 heterocycles. The van der Waals surface area contributed by atoms with Gasteiger partial charge >= 0.3 is 11.9 Å². The summed E-state index contributed by atoms with van der Waals surface area (Å²) >= 11 is 0. The van der Waals surface area contributed by atoms with Gasteiger partial charge in [-0.25, -0.2) is 0 Å². The summed E-state index contributed by atoms with van der Waals surface area (Å²) in [6.45, 7) is 13.4. The van der Waals surface area contributed by atoms with Gasteiger partial charge in [0.1, 0.15) is 6.10 Å². The first-order chi connectivity index (χ1) is 25.1. The molecule has 0 atom stereocenters. The second kappa shape index (κ2) is 41.5. The first-order valence-corrected chi connectivity index (χ1v) is 21.8. The summed E-state index contributed by atoms with van der Waals surface area (Å²) in [7, 11) is 1.77. The number of ether oxygens (including phenoxy) is 5. The molecular formula is C43H85NO7. The van der Waals surface area contributed by atoms with Crippen LogP contribution in [0, 0.1) is 0 Å². The van der Waals surface area contributed by atoms with Gasteiger partial charge in [0.05, 0.1) is 26.4 Å². The Morgan fingerprint density at radius 3 is 1.37 bits per heavy atom. The van der Waals surface area contributed by atoms with Crippen LogP contribution < -0.4 is 0 Å². The summed E-state index contributed by atoms with van der Waals surface area (Å²) < 4.78 is 28.3. The van der Waals surface area contributed by atoms with Crippen molar-refractivity contribution in [3.8, 4) is 0 Å². The lowest BCUT2D eigenvalue weighted by molar-refractivity contribution is -0.156. The minimum Gasteiger partial charge on any atom is -0.466 e. The molecule has 0 fully saturated rings. The van der Waals surface area contributed by atoms with Crippen LogP contribution in [-0.4, -0.2) is 89.3 Å². The Morgan fingerprint density at radius 1 is 0.451 bits per heavy atom. The predicted molar refractivity (Wildman–Crippen MR) is 212 cm³/mol. The zero-order valence-corrected chi connectivity index (χ0v) is 34.3. The summed E-state index contributed by atoms with van der Waals surface area (Å²) in [6.07, 6.45) is 29.7. The van der Waals surface area contributed by atoms with E-state index in [4.69, 9.17) is 23.7 Å². The summed E-state index contributed by atoms with van der Waals surface area (Å²) in [5, 5.41) is 0. The monoisotopic (exact) mass is 728 g/mol. The highest BCUT2D eigenvalue weighted by Crippen LogP contribution is 2.12. The molecule has 0 rings (SSSR count). The van der Waals surface area contributed by atoms with Gasteiger partial charge in [0.15, 0.2) is 0 Å². The molecule has 0 saturated carbocycles. The fraction of sp³-hybridized carbons (Fsp3) is 0.953. The molecule has 0 aliphatic heterocycles. The van der Waals surface area contributed by atoms with Gasteiger partial charge in [-0.15, -0.1) is 0 Å². The molecule has 8 heteroatoms. The van der Waals surface area contributed by atoms with Crippen molar-refractivity contribution in [3.63, 3.8) is 0 Å². The van der Waals surface area contributed by atoms with Crippen LogP contribution in [-0.2, 0) is 33.3 Å². The molecule has 0 unspecified atom stereocenters. The van der Waals surface area contributed by atoms with E-state index < -0.39 is 0 Å². The van der Waals surface area contributed by atoms with E-state index >= 15 is 0 Å². The Kier molecular flexibility index (Phi) is 40.5. The van der Waals surface area contributed by atoms with Crippen LogP contribution in [0.5, 0.6) is 0 Å². The van der Waals surface area contributed by atoms with Crippen LogP contribution in [0.4, 0.5) is 0 Å². The first kappa shape index (κ1) is 49.8. The molecule has 0 radical (unpaired) electrons. The summed E-state index contributed by atoms with van der Waals surface area (Å²) in [4.78, 5) is 27.1. The summed E-state index contributed by atoms with van der Waals surface area (Å²) in [6, 6.07) is 0. The van der Waals surface area contributed by atoms with Crippen LogP contribution in [0.3, 0.4) is 0 Å². The lowest BCUT2D eigenvalue weighted by Gasteiger charge is -2.22. The average molecular weight is 728 g/mol. The number of nitrogens with zero attached hydrogens (tertiary/aromatic N) is 1. The number of hydrogen-bond acceptors (Lipinski definition) is 8. The van der Waals surface area contributed by atoms with Crippen molar-refractivity contribution >= 4 is 11.9 Å². The number of esters is 2. The number of rotatable bonds is 42. The maximum absolute atomic E-state index is 12.6. The van der Waals surface area contributed by atoms with E-state index in [1.54, 1.807) is 7.11 Å². The van der Waals surface area contributed by atoms with E-state index in [1.807, 2.05) is 0 Å². The minimum absolute atomic E-state index is 0.0249. The SMILES string of the molecule is CCCCCCCCCOC(=O)CCCCCCCN(CCCCCCCC(=O)OC(COCCCCCC)COCCCCCC)CCOC. The summed E-state index contributed by atoms with van der Waals surface area (Å²) in [5.41, 5.74) is 0. The third-order valence-corrected chi connectivity index (χ3v) is 9.52. The van der Waals surface area contributed by atoms with Crippen molar-refractivity contribution in [3.05, 3.63) is 0 Å².